The summed E-state index contributed by atoms with van der Waals surface area (Å²) >= 11 is 3.43. The highest BCUT2D eigenvalue weighted by Gasteiger charge is 1.92. The first-order chi connectivity index (χ1) is 7.83. The minimum atomic E-state index is 0.959. The maximum Gasteiger partial charge on any atom is 0.0205 e. The van der Waals surface area contributed by atoms with Crippen LogP contribution in [0, 0.1) is 0 Å². The molecular formula is C13H21BrN2. The summed E-state index contributed by atoms with van der Waals surface area (Å²) < 4.78 is 1.14. The summed E-state index contributed by atoms with van der Waals surface area (Å²) in [6.07, 6.45) is 2.41. The number of rotatable bonds is 8. The average molecular weight is 285 g/mol. The Kier molecular flexibility index (Phi) is 7.47. The number of nitrogens with one attached hydrogen (secondary N) is 2. The van der Waals surface area contributed by atoms with E-state index >= 15 is 0 Å². The molecule has 0 bridgehead atoms. The third-order valence-electron chi connectivity index (χ3n) is 2.38. The number of benzene rings is 1. The van der Waals surface area contributed by atoms with Crippen molar-refractivity contribution in [3.05, 3.63) is 34.3 Å². The largest absolute Gasteiger partial charge is 0.317 e. The number of hydrogen-bond donors (Lipinski definition) is 2. The smallest absolute Gasteiger partial charge is 0.0205 e. The average Bonchev–Trinajstić information content (AvgIpc) is 2.30. The van der Waals surface area contributed by atoms with Gasteiger partial charge in [0.15, 0.2) is 0 Å². The highest BCUT2D eigenvalue weighted by molar-refractivity contribution is 9.10. The van der Waals surface area contributed by atoms with Gasteiger partial charge in [-0.2, -0.15) is 0 Å². The van der Waals surface area contributed by atoms with Crippen LogP contribution in [0.3, 0.4) is 0 Å². The molecule has 16 heavy (non-hydrogen) atoms. The Hall–Kier alpha value is -0.380. The number of hydrogen-bond acceptors (Lipinski definition) is 2. The maximum absolute atomic E-state index is 3.44. The van der Waals surface area contributed by atoms with Crippen molar-refractivity contribution in [1.82, 2.24) is 10.6 Å². The van der Waals surface area contributed by atoms with Crippen LogP contribution in [-0.4, -0.2) is 19.6 Å². The van der Waals surface area contributed by atoms with Gasteiger partial charge in [0.25, 0.3) is 0 Å². The molecule has 0 radical (unpaired) electrons. The second-order valence-corrected chi connectivity index (χ2v) is 4.82. The second-order valence-electron chi connectivity index (χ2n) is 3.91. The predicted molar refractivity (Wildman–Crippen MR) is 73.6 cm³/mol. The molecule has 2 nitrogen and oxygen atoms in total. The lowest BCUT2D eigenvalue weighted by Gasteiger charge is -2.05. The third-order valence-corrected chi connectivity index (χ3v) is 2.90. The molecular weight excluding hydrogens is 264 g/mol. The van der Waals surface area contributed by atoms with Gasteiger partial charge in [-0.25, -0.2) is 0 Å². The van der Waals surface area contributed by atoms with Gasteiger partial charge in [-0.05, 0) is 50.2 Å². The van der Waals surface area contributed by atoms with Crippen molar-refractivity contribution in [2.75, 3.05) is 19.6 Å². The monoisotopic (exact) mass is 284 g/mol. The molecule has 0 heterocycles. The molecule has 1 rings (SSSR count). The molecule has 0 unspecified atom stereocenters. The summed E-state index contributed by atoms with van der Waals surface area (Å²) in [5.41, 5.74) is 1.34. The fourth-order valence-electron chi connectivity index (χ4n) is 1.48. The molecule has 0 aliphatic carbocycles. The fraction of sp³-hybridized carbons (Fsp3) is 0.538. The molecule has 90 valence electrons. The zero-order valence-corrected chi connectivity index (χ0v) is 11.5. The Bertz CT molecular complexity index is 272. The van der Waals surface area contributed by atoms with E-state index < -0.39 is 0 Å². The van der Waals surface area contributed by atoms with Crippen LogP contribution in [0.2, 0.25) is 0 Å². The van der Waals surface area contributed by atoms with Crippen molar-refractivity contribution in [2.45, 2.75) is 26.3 Å². The van der Waals surface area contributed by atoms with Gasteiger partial charge < -0.3 is 10.6 Å². The van der Waals surface area contributed by atoms with Crippen molar-refractivity contribution >= 4 is 15.9 Å². The summed E-state index contributed by atoms with van der Waals surface area (Å²) in [7, 11) is 0. The van der Waals surface area contributed by atoms with E-state index in [1.807, 2.05) is 0 Å². The summed E-state index contributed by atoms with van der Waals surface area (Å²) in [6.45, 7) is 6.47. The van der Waals surface area contributed by atoms with Gasteiger partial charge in [0.1, 0.15) is 0 Å². The van der Waals surface area contributed by atoms with Crippen LogP contribution in [-0.2, 0) is 6.54 Å². The van der Waals surface area contributed by atoms with Gasteiger partial charge >= 0.3 is 0 Å². The molecule has 0 aliphatic rings. The van der Waals surface area contributed by atoms with Gasteiger partial charge in [0.05, 0.1) is 0 Å². The number of halogens is 1. The van der Waals surface area contributed by atoms with E-state index in [0.717, 1.165) is 30.7 Å². The quantitative estimate of drug-likeness (QED) is 0.718. The maximum atomic E-state index is 3.44. The molecule has 0 aliphatic heterocycles. The Labute approximate surface area is 107 Å². The van der Waals surface area contributed by atoms with Crippen LogP contribution in [0.25, 0.3) is 0 Å². The lowest BCUT2D eigenvalue weighted by molar-refractivity contribution is 0.592. The molecule has 0 atom stereocenters. The lowest BCUT2D eigenvalue weighted by atomic mass is 10.2. The van der Waals surface area contributed by atoms with Crippen molar-refractivity contribution < 1.29 is 0 Å². The van der Waals surface area contributed by atoms with Crippen molar-refractivity contribution in [1.29, 1.82) is 0 Å². The molecule has 0 aromatic heterocycles. The predicted octanol–water partition coefficient (Wildman–Crippen LogP) is 2.93. The first-order valence-electron chi connectivity index (χ1n) is 5.99. The Morgan fingerprint density at radius 3 is 2.38 bits per heavy atom. The summed E-state index contributed by atoms with van der Waals surface area (Å²) in [6, 6.07) is 8.46. The first-order valence-corrected chi connectivity index (χ1v) is 6.78. The van der Waals surface area contributed by atoms with E-state index in [0.29, 0.717) is 0 Å². The van der Waals surface area contributed by atoms with Crippen LogP contribution in [0.4, 0.5) is 0 Å². The second kappa shape index (κ2) is 8.74. The standard InChI is InChI=1S/C13H21BrN2/c1-2-8-15-9-3-10-16-11-12-4-6-13(14)7-5-12/h4-7,15-16H,2-3,8-11H2,1H3. The summed E-state index contributed by atoms with van der Waals surface area (Å²) in [5, 5.41) is 6.84. The van der Waals surface area contributed by atoms with E-state index in [9.17, 15) is 0 Å². The SMILES string of the molecule is CCCNCCCNCc1ccc(Br)cc1. The summed E-state index contributed by atoms with van der Waals surface area (Å²) in [5.74, 6) is 0. The fourth-order valence-corrected chi connectivity index (χ4v) is 1.74. The molecule has 0 saturated carbocycles. The zero-order chi connectivity index (χ0) is 11.6. The van der Waals surface area contributed by atoms with Crippen LogP contribution in [0.1, 0.15) is 25.3 Å². The van der Waals surface area contributed by atoms with E-state index in [4.69, 9.17) is 0 Å². The van der Waals surface area contributed by atoms with E-state index in [1.165, 1.54) is 18.4 Å². The van der Waals surface area contributed by atoms with Crippen molar-refractivity contribution in [3.8, 4) is 0 Å². The molecule has 1 aromatic rings. The highest BCUT2D eigenvalue weighted by Crippen LogP contribution is 2.09. The van der Waals surface area contributed by atoms with Crippen LogP contribution in [0.5, 0.6) is 0 Å². The summed E-state index contributed by atoms with van der Waals surface area (Å²) in [4.78, 5) is 0. The van der Waals surface area contributed by atoms with Crippen LogP contribution >= 0.6 is 15.9 Å². The third kappa shape index (κ3) is 6.26. The molecule has 3 heteroatoms. The molecule has 0 saturated heterocycles. The minimum absolute atomic E-state index is 0.959. The van der Waals surface area contributed by atoms with Crippen LogP contribution < -0.4 is 10.6 Å². The lowest BCUT2D eigenvalue weighted by Crippen LogP contribution is -2.22. The molecule has 1 aromatic carbocycles. The Morgan fingerprint density at radius 1 is 1.00 bits per heavy atom. The molecule has 0 amide bonds. The molecule has 0 spiro atoms. The Morgan fingerprint density at radius 2 is 1.69 bits per heavy atom. The van der Waals surface area contributed by atoms with Crippen molar-refractivity contribution in [2.24, 2.45) is 0 Å². The molecule has 2 N–H and O–H groups in total. The van der Waals surface area contributed by atoms with E-state index in [1.54, 1.807) is 0 Å². The zero-order valence-electron chi connectivity index (χ0n) is 9.93. The van der Waals surface area contributed by atoms with E-state index in [-0.39, 0.29) is 0 Å². The van der Waals surface area contributed by atoms with E-state index in [2.05, 4.69) is 57.8 Å². The van der Waals surface area contributed by atoms with Gasteiger partial charge in [0, 0.05) is 11.0 Å². The van der Waals surface area contributed by atoms with Gasteiger partial charge in [-0.3, -0.25) is 0 Å². The molecule has 0 fully saturated rings. The van der Waals surface area contributed by atoms with Crippen molar-refractivity contribution in [3.63, 3.8) is 0 Å². The minimum Gasteiger partial charge on any atom is -0.317 e. The normalized spacial score (nSPS) is 10.6. The topological polar surface area (TPSA) is 24.1 Å². The Balaban J connectivity index is 2.01. The van der Waals surface area contributed by atoms with Gasteiger partial charge in [-0.15, -0.1) is 0 Å². The van der Waals surface area contributed by atoms with Gasteiger partial charge in [0.2, 0.25) is 0 Å². The van der Waals surface area contributed by atoms with Crippen LogP contribution in [0.15, 0.2) is 28.7 Å². The highest BCUT2D eigenvalue weighted by atomic mass is 79.9. The first kappa shape index (κ1) is 13.7. The van der Waals surface area contributed by atoms with Gasteiger partial charge in [-0.1, -0.05) is 35.0 Å².